The second-order valence-corrected chi connectivity index (χ2v) is 9.37. The van der Waals surface area contributed by atoms with E-state index in [4.69, 9.17) is 0 Å². The van der Waals surface area contributed by atoms with Gasteiger partial charge in [0.05, 0.1) is 23.2 Å². The van der Waals surface area contributed by atoms with Gasteiger partial charge in [-0.2, -0.15) is 4.99 Å². The Morgan fingerprint density at radius 3 is 2.70 bits per heavy atom. The number of amides is 1. The first kappa shape index (κ1) is 16.4. The van der Waals surface area contributed by atoms with E-state index in [-0.39, 0.29) is 40.3 Å². The molecule has 8 heteroatoms. The van der Waals surface area contributed by atoms with Crippen LogP contribution in [0.25, 0.3) is 0 Å². The third-order valence-corrected chi connectivity index (χ3v) is 7.09. The Hall–Kier alpha value is -1.41. The molecule has 2 fully saturated rings. The molecule has 0 bridgehead atoms. The summed E-state index contributed by atoms with van der Waals surface area (Å²) in [7, 11) is -3.15. The van der Waals surface area contributed by atoms with Gasteiger partial charge in [-0.25, -0.2) is 12.8 Å². The van der Waals surface area contributed by atoms with Crippen LogP contribution in [-0.4, -0.2) is 42.3 Å². The van der Waals surface area contributed by atoms with Crippen LogP contribution in [0.1, 0.15) is 13.8 Å². The summed E-state index contributed by atoms with van der Waals surface area (Å²) in [6.07, 6.45) is 0. The fraction of sp³-hybridized carbons (Fsp3) is 0.467. The largest absolute Gasteiger partial charge is 0.313 e. The molecular formula is C15H17FN2O3S2. The lowest BCUT2D eigenvalue weighted by Crippen LogP contribution is -2.38. The average molecular weight is 356 g/mol. The molecule has 2 aliphatic rings. The van der Waals surface area contributed by atoms with Crippen molar-refractivity contribution in [1.29, 1.82) is 0 Å². The zero-order valence-corrected chi connectivity index (χ0v) is 14.4. The summed E-state index contributed by atoms with van der Waals surface area (Å²) in [5.41, 5.74) is 0.264. The molecule has 5 nitrogen and oxygen atoms in total. The lowest BCUT2D eigenvalue weighted by molar-refractivity contribution is -0.120. The number of hydrogen-bond acceptors (Lipinski definition) is 4. The molecular weight excluding hydrogens is 339 g/mol. The van der Waals surface area contributed by atoms with E-state index in [9.17, 15) is 17.6 Å². The van der Waals surface area contributed by atoms with Crippen LogP contribution in [0.3, 0.4) is 0 Å². The predicted molar refractivity (Wildman–Crippen MR) is 90.0 cm³/mol. The summed E-state index contributed by atoms with van der Waals surface area (Å²) in [4.78, 5) is 17.7. The van der Waals surface area contributed by atoms with Gasteiger partial charge in [0.25, 0.3) is 5.91 Å². The highest BCUT2D eigenvalue weighted by Crippen LogP contribution is 2.41. The quantitative estimate of drug-likeness (QED) is 0.812. The van der Waals surface area contributed by atoms with Gasteiger partial charge in [0, 0.05) is 11.2 Å². The van der Waals surface area contributed by atoms with Crippen LogP contribution in [0.15, 0.2) is 29.3 Å². The monoisotopic (exact) mass is 356 g/mol. The Morgan fingerprint density at radius 2 is 2.04 bits per heavy atom. The summed E-state index contributed by atoms with van der Waals surface area (Å²) in [5.74, 6) is -1.04. The summed E-state index contributed by atoms with van der Waals surface area (Å²) < 4.78 is 38.0. The van der Waals surface area contributed by atoms with Crippen molar-refractivity contribution in [3.63, 3.8) is 0 Å². The number of carbonyl (C=O) groups excluding carboxylic acids is 1. The van der Waals surface area contributed by atoms with Crippen molar-refractivity contribution in [1.82, 2.24) is 0 Å². The molecule has 0 aliphatic carbocycles. The minimum absolute atomic E-state index is 0.0299. The number of benzene rings is 1. The van der Waals surface area contributed by atoms with Gasteiger partial charge in [-0.1, -0.05) is 37.7 Å². The van der Waals surface area contributed by atoms with Crippen molar-refractivity contribution in [2.75, 3.05) is 16.4 Å². The molecule has 1 amide bonds. The second-order valence-electron chi connectivity index (χ2n) is 6.01. The number of fused-ring (bicyclic) bond motifs is 1. The highest BCUT2D eigenvalue weighted by atomic mass is 32.2. The summed E-state index contributed by atoms with van der Waals surface area (Å²) in [5, 5.41) is 0.164. The first-order valence-electron chi connectivity index (χ1n) is 7.32. The Morgan fingerprint density at radius 1 is 1.35 bits per heavy atom. The number of amidine groups is 1. The van der Waals surface area contributed by atoms with Crippen LogP contribution in [0, 0.1) is 11.7 Å². The van der Waals surface area contributed by atoms with Crippen LogP contribution in [0.5, 0.6) is 0 Å². The molecule has 2 atom stereocenters. The van der Waals surface area contributed by atoms with Crippen molar-refractivity contribution in [3.05, 3.63) is 30.1 Å². The number of rotatable bonds is 2. The SMILES string of the molecule is CC(C)C(=O)N=C1S[C@H]2CS(=O)(=O)C[C@H]2N1c1ccccc1F. The number of para-hydroxylation sites is 1. The minimum atomic E-state index is -3.15. The molecule has 23 heavy (non-hydrogen) atoms. The number of carbonyl (C=O) groups is 1. The predicted octanol–water partition coefficient (Wildman–Crippen LogP) is 2.08. The van der Waals surface area contributed by atoms with Crippen molar-refractivity contribution < 1.29 is 17.6 Å². The molecule has 0 radical (unpaired) electrons. The van der Waals surface area contributed by atoms with Gasteiger partial charge >= 0.3 is 0 Å². The van der Waals surface area contributed by atoms with E-state index in [2.05, 4.69) is 4.99 Å². The molecule has 0 aromatic heterocycles. The average Bonchev–Trinajstić information content (AvgIpc) is 2.91. The van der Waals surface area contributed by atoms with Crippen molar-refractivity contribution in [2.24, 2.45) is 10.9 Å². The highest BCUT2D eigenvalue weighted by molar-refractivity contribution is 8.16. The van der Waals surface area contributed by atoms with Crippen molar-refractivity contribution in [2.45, 2.75) is 25.1 Å². The smallest absolute Gasteiger partial charge is 0.250 e. The molecule has 2 aliphatic heterocycles. The highest BCUT2D eigenvalue weighted by Gasteiger charge is 2.49. The van der Waals surface area contributed by atoms with Gasteiger partial charge in [0.1, 0.15) is 5.82 Å². The fourth-order valence-electron chi connectivity index (χ4n) is 2.72. The summed E-state index contributed by atoms with van der Waals surface area (Å²) in [6, 6.07) is 5.76. The van der Waals surface area contributed by atoms with Crippen molar-refractivity contribution >= 4 is 38.4 Å². The number of anilines is 1. The first-order valence-corrected chi connectivity index (χ1v) is 10.0. The molecule has 2 saturated heterocycles. The summed E-state index contributed by atoms with van der Waals surface area (Å²) >= 11 is 1.25. The van der Waals surface area contributed by atoms with Crippen LogP contribution in [-0.2, 0) is 14.6 Å². The molecule has 1 aromatic carbocycles. The minimum Gasteiger partial charge on any atom is -0.313 e. The number of aliphatic imine (C=N–C) groups is 1. The number of halogens is 1. The molecule has 2 heterocycles. The van der Waals surface area contributed by atoms with Crippen LogP contribution >= 0.6 is 11.8 Å². The molecule has 0 unspecified atom stereocenters. The van der Waals surface area contributed by atoms with E-state index in [0.29, 0.717) is 5.17 Å². The lowest BCUT2D eigenvalue weighted by Gasteiger charge is -2.24. The Balaban J connectivity index is 2.05. The van der Waals surface area contributed by atoms with E-state index >= 15 is 0 Å². The molecule has 0 spiro atoms. The zero-order chi connectivity index (χ0) is 16.8. The van der Waals surface area contributed by atoms with Gasteiger partial charge in [0.15, 0.2) is 15.0 Å². The maximum Gasteiger partial charge on any atom is 0.250 e. The number of sulfone groups is 1. The number of hydrogen-bond donors (Lipinski definition) is 0. The molecule has 0 saturated carbocycles. The van der Waals surface area contributed by atoms with Crippen LogP contribution < -0.4 is 4.90 Å². The van der Waals surface area contributed by atoms with E-state index < -0.39 is 15.7 Å². The van der Waals surface area contributed by atoms with Gasteiger partial charge in [0.2, 0.25) is 0 Å². The van der Waals surface area contributed by atoms with Gasteiger partial charge in [-0.15, -0.1) is 0 Å². The summed E-state index contributed by atoms with van der Waals surface area (Å²) in [6.45, 7) is 3.48. The zero-order valence-electron chi connectivity index (χ0n) is 12.8. The van der Waals surface area contributed by atoms with Crippen molar-refractivity contribution in [3.8, 4) is 0 Å². The van der Waals surface area contributed by atoms with Gasteiger partial charge in [-0.3, -0.25) is 4.79 Å². The standard InChI is InChI=1S/C15H17FN2O3S2/c1-9(2)14(19)17-15-18(11-6-4-3-5-10(11)16)12-7-23(20,21)8-13(12)22-15/h3-6,9,12-13H,7-8H2,1-2H3/t12-,13+/m1/s1. The van der Waals surface area contributed by atoms with E-state index in [1.165, 1.54) is 17.8 Å². The normalized spacial score (nSPS) is 27.7. The van der Waals surface area contributed by atoms with E-state index in [1.807, 2.05) is 0 Å². The third kappa shape index (κ3) is 3.14. The topological polar surface area (TPSA) is 66.8 Å². The Labute approximate surface area is 138 Å². The second kappa shape index (κ2) is 5.90. The maximum atomic E-state index is 14.2. The lowest BCUT2D eigenvalue weighted by atomic mass is 10.2. The Bertz CT molecular complexity index is 777. The molecule has 0 N–H and O–H groups in total. The number of nitrogens with zero attached hydrogens (tertiary/aromatic N) is 2. The van der Waals surface area contributed by atoms with Gasteiger partial charge in [-0.05, 0) is 12.1 Å². The van der Waals surface area contributed by atoms with E-state index in [0.717, 1.165) is 0 Å². The fourth-order valence-corrected chi connectivity index (χ4v) is 6.63. The molecule has 3 rings (SSSR count). The van der Waals surface area contributed by atoms with Crippen LogP contribution in [0.2, 0.25) is 0 Å². The maximum absolute atomic E-state index is 14.2. The first-order chi connectivity index (χ1) is 10.8. The number of thioether (sulfide) groups is 1. The third-order valence-electron chi connectivity index (χ3n) is 3.88. The molecule has 124 valence electrons. The Kier molecular flexibility index (Phi) is 4.22. The van der Waals surface area contributed by atoms with E-state index in [1.54, 1.807) is 36.9 Å². The molecule has 1 aromatic rings. The van der Waals surface area contributed by atoms with Crippen LogP contribution in [0.4, 0.5) is 10.1 Å². The van der Waals surface area contributed by atoms with Gasteiger partial charge < -0.3 is 4.90 Å².